The van der Waals surface area contributed by atoms with Crippen LogP contribution in [0.4, 0.5) is 0 Å². The highest BCUT2D eigenvalue weighted by Gasteiger charge is 2.50. The number of allylic oxidation sites excluding steroid dienone is 6. The molecule has 0 heterocycles. The van der Waals surface area contributed by atoms with E-state index in [0.29, 0.717) is 30.3 Å². The molecule has 3 fully saturated rings. The predicted molar refractivity (Wildman–Crippen MR) is 184 cm³/mol. The van der Waals surface area contributed by atoms with E-state index >= 15 is 0 Å². The zero-order valence-corrected chi connectivity index (χ0v) is 31.1. The topological polar surface area (TPSA) is 141 Å². The summed E-state index contributed by atoms with van der Waals surface area (Å²) in [5.74, 6) is 0.388. The van der Waals surface area contributed by atoms with Crippen LogP contribution < -0.4 is 0 Å². The maximum Gasteiger partial charge on any atom is 0.530 e. The van der Waals surface area contributed by atoms with Crippen molar-refractivity contribution in [2.24, 2.45) is 29.1 Å². The molecule has 7 atom stereocenters. The Labute approximate surface area is 282 Å². The monoisotopic (exact) mass is 700 g/mol. The number of hydrogen-bond acceptors (Lipinski definition) is 10. The molecule has 0 aromatic heterocycles. The predicted octanol–water partition coefficient (Wildman–Crippen LogP) is 8.58. The first-order valence-corrected chi connectivity index (χ1v) is 20.1. The molecule has 12 heteroatoms. The van der Waals surface area contributed by atoms with Crippen molar-refractivity contribution in [2.75, 3.05) is 26.6 Å². The second-order valence-electron chi connectivity index (χ2n) is 13.3. The minimum Gasteiger partial charge on any atom is -0.403 e. The van der Waals surface area contributed by atoms with Gasteiger partial charge in [-0.1, -0.05) is 58.1 Å². The summed E-state index contributed by atoms with van der Waals surface area (Å²) >= 11 is 0. The van der Waals surface area contributed by atoms with Crippen LogP contribution in [0.5, 0.6) is 0 Å². The summed E-state index contributed by atoms with van der Waals surface area (Å²) in [6.45, 7) is 16.6. The van der Waals surface area contributed by atoms with Crippen molar-refractivity contribution in [3.63, 3.8) is 0 Å². The summed E-state index contributed by atoms with van der Waals surface area (Å²) in [7, 11) is -8.15. The Hall–Kier alpha value is -1.32. The average molecular weight is 701 g/mol. The van der Waals surface area contributed by atoms with Crippen LogP contribution in [0.15, 0.2) is 58.7 Å². The number of phosphoric ester groups is 1. The van der Waals surface area contributed by atoms with Crippen LogP contribution in [0, 0.1) is 29.1 Å². The molecule has 0 spiro atoms. The molecule has 0 saturated heterocycles. The largest absolute Gasteiger partial charge is 0.530 e. The minimum absolute atomic E-state index is 0.0231. The summed E-state index contributed by atoms with van der Waals surface area (Å²) in [5.41, 5.74) is 3.03. The third kappa shape index (κ3) is 9.68. The van der Waals surface area contributed by atoms with Crippen molar-refractivity contribution in [2.45, 2.75) is 106 Å². The fraction of sp³-hybridized carbons (Fsp3) is 0.714. The van der Waals surface area contributed by atoms with Crippen LogP contribution in [0.1, 0.15) is 93.4 Å². The van der Waals surface area contributed by atoms with E-state index in [9.17, 15) is 24.4 Å². The Balaban J connectivity index is 1.99. The van der Waals surface area contributed by atoms with E-state index in [4.69, 9.17) is 22.6 Å². The van der Waals surface area contributed by atoms with Crippen molar-refractivity contribution < 1.29 is 47.1 Å². The molecule has 47 heavy (non-hydrogen) atoms. The second-order valence-corrected chi connectivity index (χ2v) is 16.9. The lowest BCUT2D eigenvalue weighted by atomic mass is 9.61. The van der Waals surface area contributed by atoms with E-state index in [0.717, 1.165) is 37.7 Å². The molecule has 3 aliphatic carbocycles. The van der Waals surface area contributed by atoms with Crippen LogP contribution >= 0.6 is 15.4 Å². The van der Waals surface area contributed by atoms with Crippen molar-refractivity contribution in [1.82, 2.24) is 0 Å². The summed E-state index contributed by atoms with van der Waals surface area (Å²) in [5, 5.41) is 30.3. The van der Waals surface area contributed by atoms with Gasteiger partial charge in [-0.25, -0.2) is 4.57 Å². The third-order valence-corrected chi connectivity index (χ3v) is 13.8. The molecule has 0 radical (unpaired) electrons. The normalized spacial score (nSPS) is 31.3. The average Bonchev–Trinajstić information content (AvgIpc) is 3.34. The van der Waals surface area contributed by atoms with Gasteiger partial charge in [0.15, 0.2) is 6.79 Å². The van der Waals surface area contributed by atoms with Gasteiger partial charge in [-0.15, -0.1) is 0 Å². The van der Waals surface area contributed by atoms with Crippen molar-refractivity contribution in [3.05, 3.63) is 58.7 Å². The highest BCUT2D eigenvalue weighted by Crippen LogP contribution is 2.63. The molecule has 3 saturated carbocycles. The Bertz CT molecular complexity index is 1280. The first kappa shape index (κ1) is 40.1. The number of rotatable bonds is 16. The first-order valence-electron chi connectivity index (χ1n) is 17.1. The lowest BCUT2D eigenvalue weighted by molar-refractivity contribution is 0.0785. The van der Waals surface area contributed by atoms with Gasteiger partial charge in [0.05, 0.1) is 37.3 Å². The van der Waals surface area contributed by atoms with Crippen molar-refractivity contribution in [1.29, 1.82) is 0 Å². The van der Waals surface area contributed by atoms with Gasteiger partial charge in [0, 0.05) is 6.42 Å². The number of aliphatic hydroxyl groups excluding tert-OH is 3. The summed E-state index contributed by atoms with van der Waals surface area (Å²) in [6, 6.07) is 0. The molecule has 0 aliphatic heterocycles. The van der Waals surface area contributed by atoms with E-state index in [1.807, 2.05) is 12.2 Å². The van der Waals surface area contributed by atoms with Crippen LogP contribution in [0.25, 0.3) is 0 Å². The van der Waals surface area contributed by atoms with Gasteiger partial charge in [0.2, 0.25) is 0 Å². The van der Waals surface area contributed by atoms with E-state index in [2.05, 4.69) is 26.5 Å². The Morgan fingerprint density at radius 2 is 1.68 bits per heavy atom. The molecule has 3 unspecified atom stereocenters. The molecular formula is C35H58O10P2. The van der Waals surface area contributed by atoms with Crippen LogP contribution in [-0.2, 0) is 31.7 Å². The van der Waals surface area contributed by atoms with E-state index in [1.165, 1.54) is 5.57 Å². The number of fused-ring (bicyclic) bond motifs is 1. The molecule has 0 amide bonds. The van der Waals surface area contributed by atoms with Gasteiger partial charge in [-0.05, 0) is 106 Å². The number of phosphoric acid groups is 1. The van der Waals surface area contributed by atoms with Gasteiger partial charge in [-0.3, -0.25) is 18.1 Å². The van der Waals surface area contributed by atoms with Crippen molar-refractivity contribution >= 4 is 15.4 Å². The third-order valence-electron chi connectivity index (χ3n) is 9.89. The summed E-state index contributed by atoms with van der Waals surface area (Å²) in [6.07, 6.45) is 12.7. The van der Waals surface area contributed by atoms with E-state index in [-0.39, 0.29) is 42.2 Å². The zero-order valence-electron chi connectivity index (χ0n) is 29.4. The van der Waals surface area contributed by atoms with Crippen LogP contribution in [-0.4, -0.2) is 54.1 Å². The maximum absolute atomic E-state index is 14.0. The summed E-state index contributed by atoms with van der Waals surface area (Å²) in [4.78, 5) is 0. The van der Waals surface area contributed by atoms with Crippen molar-refractivity contribution in [3.8, 4) is 0 Å². The van der Waals surface area contributed by atoms with E-state index < -0.39 is 40.3 Å². The standard InChI is InChI=1S/C35H58O10P2/c1-9-41-46(39,44-23-36)34(24(4)5)33(45-47(40,42-10-2)43-11-3)19-14-25(6)30-17-18-31-27(13-12-20-35(30,31)8)15-16-28-21-29(37)22-32(38)26(28)7/h14-16,19,24-25,29-32,36-38H,7,9-13,17-18,20-23H2,1-6,8H3/b19-14+,27-15-,28-16+,34-33+/t25?,29-,30?,31+,32+,35-,46?/m1/s1. The molecule has 10 nitrogen and oxygen atoms in total. The second kappa shape index (κ2) is 17.6. The lowest BCUT2D eigenvalue weighted by Crippen LogP contribution is -2.35. The quantitative estimate of drug-likeness (QED) is 0.0621. The molecular weight excluding hydrogens is 642 g/mol. The Morgan fingerprint density at radius 1 is 1.02 bits per heavy atom. The fourth-order valence-corrected chi connectivity index (χ4v) is 11.0. The first-order chi connectivity index (χ1) is 22.2. The van der Waals surface area contributed by atoms with E-state index in [1.54, 1.807) is 40.7 Å². The molecule has 3 rings (SSSR count). The maximum atomic E-state index is 14.0. The lowest BCUT2D eigenvalue weighted by Gasteiger charge is -2.44. The molecule has 0 aromatic carbocycles. The zero-order chi connectivity index (χ0) is 35.0. The molecule has 3 N–H and O–H groups in total. The fourth-order valence-electron chi connectivity index (χ4n) is 7.83. The number of aliphatic hydroxyl groups is 3. The highest BCUT2D eigenvalue weighted by atomic mass is 31.2. The van der Waals surface area contributed by atoms with Gasteiger partial charge in [-0.2, -0.15) is 0 Å². The molecule has 3 aliphatic rings. The summed E-state index contributed by atoms with van der Waals surface area (Å²) < 4.78 is 55.4. The smallest absolute Gasteiger partial charge is 0.403 e. The molecule has 0 bridgehead atoms. The number of hydrogen-bond donors (Lipinski definition) is 3. The Kier molecular flexibility index (Phi) is 15.0. The molecule has 0 aromatic rings. The SMILES string of the molecule is C=C1/C(=C/C=C2/CCC[C@]3(C)C(C(C)/C=C/C(OP(=O)(OCC)OCC)=C(/C(C)C)P(=O)(OCC)OCO)CC[C@@H]23)C[C@@H](O)C[C@@H]1O. The van der Waals surface area contributed by atoms with Gasteiger partial charge < -0.3 is 24.4 Å². The van der Waals surface area contributed by atoms with Gasteiger partial charge in [0.1, 0.15) is 5.76 Å². The Morgan fingerprint density at radius 3 is 2.28 bits per heavy atom. The minimum atomic E-state index is -4.09. The highest BCUT2D eigenvalue weighted by molar-refractivity contribution is 7.58. The molecule has 268 valence electrons. The van der Waals surface area contributed by atoms with Gasteiger partial charge in [0.25, 0.3) is 0 Å². The van der Waals surface area contributed by atoms with Gasteiger partial charge >= 0.3 is 15.4 Å². The van der Waals surface area contributed by atoms with Crippen LogP contribution in [0.3, 0.4) is 0 Å². The van der Waals surface area contributed by atoms with Crippen LogP contribution in [0.2, 0.25) is 0 Å².